The fourth-order valence-electron chi connectivity index (χ4n) is 3.63. The minimum atomic E-state index is 0.773. The predicted octanol–water partition coefficient (Wildman–Crippen LogP) is 3.05. The maximum absolute atomic E-state index is 3.82. The van der Waals surface area contributed by atoms with Gasteiger partial charge in [0.1, 0.15) is 0 Å². The summed E-state index contributed by atoms with van der Waals surface area (Å²) in [5, 5.41) is 3.82. The molecule has 104 valence electrons. The van der Waals surface area contributed by atoms with Gasteiger partial charge < -0.3 is 10.2 Å². The van der Waals surface area contributed by atoms with Crippen LogP contribution in [0.1, 0.15) is 46.5 Å². The highest BCUT2D eigenvalue weighted by Gasteiger charge is 2.21. The molecule has 18 heavy (non-hydrogen) atoms. The van der Waals surface area contributed by atoms with Crippen LogP contribution in [0.25, 0.3) is 0 Å². The van der Waals surface area contributed by atoms with Crippen molar-refractivity contribution in [2.75, 3.05) is 26.2 Å². The number of nitrogens with zero attached hydrogens (tertiary/aromatic N) is 1. The monoisotopic (exact) mass is 250 g/mol. The number of rotatable bonds is 4. The van der Waals surface area contributed by atoms with Crippen LogP contribution >= 0.6 is 0 Å². The van der Waals surface area contributed by atoms with Crippen LogP contribution < -0.4 is 5.32 Å². The molecule has 1 fully saturated rings. The van der Waals surface area contributed by atoms with E-state index in [0.717, 1.165) is 17.9 Å². The molecule has 2 heteroatoms. The minimum absolute atomic E-state index is 0.773. The third-order valence-corrected chi connectivity index (χ3v) is 4.61. The van der Waals surface area contributed by atoms with Crippen molar-refractivity contribution in [2.24, 2.45) is 11.8 Å². The van der Waals surface area contributed by atoms with Gasteiger partial charge in [-0.1, -0.05) is 25.5 Å². The SMILES string of the molecule is CCN1CCC(NCC2CC(C)=CC(C)C2)CC1. The zero-order valence-electron chi connectivity index (χ0n) is 12.4. The molecule has 1 saturated heterocycles. The van der Waals surface area contributed by atoms with Crippen molar-refractivity contribution in [3.05, 3.63) is 11.6 Å². The fourth-order valence-corrected chi connectivity index (χ4v) is 3.63. The normalized spacial score (nSPS) is 31.4. The van der Waals surface area contributed by atoms with E-state index in [1.165, 1.54) is 51.9 Å². The van der Waals surface area contributed by atoms with E-state index in [1.807, 2.05) is 0 Å². The molecule has 0 aromatic rings. The Bertz CT molecular complexity index is 277. The van der Waals surface area contributed by atoms with Gasteiger partial charge in [-0.15, -0.1) is 0 Å². The second-order valence-electron chi connectivity index (χ2n) is 6.41. The Morgan fingerprint density at radius 3 is 2.67 bits per heavy atom. The summed E-state index contributed by atoms with van der Waals surface area (Å²) in [5.74, 6) is 1.65. The molecule has 2 unspecified atom stereocenters. The van der Waals surface area contributed by atoms with Crippen LogP contribution in [-0.4, -0.2) is 37.1 Å². The number of nitrogens with one attached hydrogen (secondary N) is 1. The maximum Gasteiger partial charge on any atom is 0.00915 e. The van der Waals surface area contributed by atoms with Crippen molar-refractivity contribution in [3.8, 4) is 0 Å². The van der Waals surface area contributed by atoms with Gasteiger partial charge in [0.25, 0.3) is 0 Å². The second-order valence-corrected chi connectivity index (χ2v) is 6.41. The van der Waals surface area contributed by atoms with Crippen LogP contribution in [0, 0.1) is 11.8 Å². The lowest BCUT2D eigenvalue weighted by Crippen LogP contribution is -2.44. The van der Waals surface area contributed by atoms with E-state index in [4.69, 9.17) is 0 Å². The molecule has 0 saturated carbocycles. The zero-order valence-corrected chi connectivity index (χ0v) is 12.4. The smallest absolute Gasteiger partial charge is 0.00915 e. The first-order valence-electron chi connectivity index (χ1n) is 7.80. The topological polar surface area (TPSA) is 15.3 Å². The summed E-state index contributed by atoms with van der Waals surface area (Å²) in [4.78, 5) is 2.56. The summed E-state index contributed by atoms with van der Waals surface area (Å²) in [5.41, 5.74) is 1.60. The second kappa shape index (κ2) is 6.72. The highest BCUT2D eigenvalue weighted by Crippen LogP contribution is 2.27. The molecule has 2 nitrogen and oxygen atoms in total. The van der Waals surface area contributed by atoms with Crippen LogP contribution in [-0.2, 0) is 0 Å². The number of allylic oxidation sites excluding steroid dienone is 2. The van der Waals surface area contributed by atoms with Crippen molar-refractivity contribution >= 4 is 0 Å². The van der Waals surface area contributed by atoms with Crippen LogP contribution in [0.2, 0.25) is 0 Å². The van der Waals surface area contributed by atoms with Crippen molar-refractivity contribution < 1.29 is 0 Å². The number of hydrogen-bond donors (Lipinski definition) is 1. The van der Waals surface area contributed by atoms with Gasteiger partial charge in [0, 0.05) is 6.04 Å². The molecule has 2 atom stereocenters. The molecule has 1 aliphatic carbocycles. The maximum atomic E-state index is 3.82. The summed E-state index contributed by atoms with van der Waals surface area (Å²) in [6.07, 6.45) is 7.81. The first kappa shape index (κ1) is 14.1. The van der Waals surface area contributed by atoms with Crippen molar-refractivity contribution in [3.63, 3.8) is 0 Å². The Hall–Kier alpha value is -0.340. The molecule has 0 aromatic carbocycles. The molecule has 2 aliphatic rings. The van der Waals surface area contributed by atoms with Gasteiger partial charge in [0.05, 0.1) is 0 Å². The average Bonchev–Trinajstić information content (AvgIpc) is 2.36. The van der Waals surface area contributed by atoms with E-state index in [9.17, 15) is 0 Å². The third-order valence-electron chi connectivity index (χ3n) is 4.61. The summed E-state index contributed by atoms with van der Waals surface area (Å²) in [7, 11) is 0. The van der Waals surface area contributed by atoms with Crippen LogP contribution in [0.15, 0.2) is 11.6 Å². The summed E-state index contributed by atoms with van der Waals surface area (Å²) in [6.45, 7) is 11.9. The molecule has 0 aromatic heterocycles. The highest BCUT2D eigenvalue weighted by atomic mass is 15.1. The predicted molar refractivity (Wildman–Crippen MR) is 78.8 cm³/mol. The quantitative estimate of drug-likeness (QED) is 0.772. The standard InChI is InChI=1S/C16H30N2/c1-4-18-7-5-16(6-8-18)17-12-15-10-13(2)9-14(3)11-15/h9,13,15-17H,4-8,10-12H2,1-3H3. The van der Waals surface area contributed by atoms with Crippen molar-refractivity contribution in [1.82, 2.24) is 10.2 Å². The van der Waals surface area contributed by atoms with E-state index < -0.39 is 0 Å². The number of likely N-dealkylation sites (tertiary alicyclic amines) is 1. The van der Waals surface area contributed by atoms with Crippen molar-refractivity contribution in [1.29, 1.82) is 0 Å². The lowest BCUT2D eigenvalue weighted by molar-refractivity contribution is 0.200. The van der Waals surface area contributed by atoms with E-state index in [0.29, 0.717) is 0 Å². The number of piperidine rings is 1. The molecule has 0 bridgehead atoms. The Morgan fingerprint density at radius 1 is 1.33 bits per heavy atom. The zero-order chi connectivity index (χ0) is 13.0. The molecule has 0 radical (unpaired) electrons. The van der Waals surface area contributed by atoms with Crippen LogP contribution in [0.4, 0.5) is 0 Å². The minimum Gasteiger partial charge on any atom is -0.314 e. The lowest BCUT2D eigenvalue weighted by atomic mass is 9.83. The molecular weight excluding hydrogens is 220 g/mol. The van der Waals surface area contributed by atoms with Crippen LogP contribution in [0.3, 0.4) is 0 Å². The third kappa shape index (κ3) is 4.10. The van der Waals surface area contributed by atoms with E-state index >= 15 is 0 Å². The largest absolute Gasteiger partial charge is 0.314 e. The Labute approximate surface area is 113 Å². The van der Waals surface area contributed by atoms with Gasteiger partial charge in [-0.2, -0.15) is 0 Å². The van der Waals surface area contributed by atoms with Gasteiger partial charge in [-0.3, -0.25) is 0 Å². The first-order valence-corrected chi connectivity index (χ1v) is 7.80. The molecular formula is C16H30N2. The van der Waals surface area contributed by atoms with E-state index in [1.54, 1.807) is 5.57 Å². The van der Waals surface area contributed by atoms with Crippen molar-refractivity contribution in [2.45, 2.75) is 52.5 Å². The summed E-state index contributed by atoms with van der Waals surface area (Å²) in [6, 6.07) is 0.773. The van der Waals surface area contributed by atoms with Gasteiger partial charge >= 0.3 is 0 Å². The molecule has 1 heterocycles. The molecule has 0 amide bonds. The first-order chi connectivity index (χ1) is 8.67. The summed E-state index contributed by atoms with van der Waals surface area (Å²) < 4.78 is 0. The highest BCUT2D eigenvalue weighted by molar-refractivity contribution is 5.06. The van der Waals surface area contributed by atoms with Gasteiger partial charge in [0.2, 0.25) is 0 Å². The Morgan fingerprint density at radius 2 is 2.06 bits per heavy atom. The molecule has 2 rings (SSSR count). The molecule has 1 aliphatic heterocycles. The van der Waals surface area contributed by atoms with E-state index in [-0.39, 0.29) is 0 Å². The van der Waals surface area contributed by atoms with Crippen LogP contribution in [0.5, 0.6) is 0 Å². The Balaban J connectivity index is 1.68. The van der Waals surface area contributed by atoms with E-state index in [2.05, 4.69) is 37.1 Å². The van der Waals surface area contributed by atoms with Gasteiger partial charge in [0.15, 0.2) is 0 Å². The van der Waals surface area contributed by atoms with Gasteiger partial charge in [-0.25, -0.2) is 0 Å². The Kier molecular flexibility index (Phi) is 5.25. The summed E-state index contributed by atoms with van der Waals surface area (Å²) >= 11 is 0. The fraction of sp³-hybridized carbons (Fsp3) is 0.875. The average molecular weight is 250 g/mol. The number of hydrogen-bond acceptors (Lipinski definition) is 2. The lowest BCUT2D eigenvalue weighted by Gasteiger charge is -2.33. The molecule has 0 spiro atoms. The molecule has 1 N–H and O–H groups in total. The van der Waals surface area contributed by atoms with Gasteiger partial charge in [-0.05, 0) is 70.6 Å².